The molecule has 4 nitrogen and oxygen atoms in total. The minimum atomic E-state index is -4.47. The van der Waals surface area contributed by atoms with Crippen LogP contribution in [-0.4, -0.2) is 20.7 Å². The molecule has 0 radical (unpaired) electrons. The van der Waals surface area contributed by atoms with E-state index in [1.165, 1.54) is 0 Å². The van der Waals surface area contributed by atoms with Gasteiger partial charge in [-0.3, -0.25) is 0 Å². The second-order valence-electron chi connectivity index (χ2n) is 3.06. The molecule has 2 rings (SSSR count). The number of aryl methyl sites for hydroxylation is 1. The topological polar surface area (TPSA) is 39.9 Å². The first kappa shape index (κ1) is 11.1. The summed E-state index contributed by atoms with van der Waals surface area (Å²) in [6.45, 7) is 1.85. The summed E-state index contributed by atoms with van der Waals surface area (Å²) in [5.74, 6) is 0. The van der Waals surface area contributed by atoms with Crippen LogP contribution in [0.25, 0.3) is 11.0 Å². The Morgan fingerprint density at radius 1 is 1.38 bits per heavy atom. The van der Waals surface area contributed by atoms with Crippen LogP contribution in [0.2, 0.25) is 0 Å². The molecule has 1 aromatic heterocycles. The second kappa shape index (κ2) is 3.85. The Morgan fingerprint density at radius 2 is 2.12 bits per heavy atom. The molecule has 0 aliphatic heterocycles. The number of rotatable bonds is 2. The lowest BCUT2D eigenvalue weighted by Crippen LogP contribution is -2.12. The molecule has 0 spiro atoms. The Kier molecular flexibility index (Phi) is 2.66. The molecule has 1 aromatic carbocycles. The van der Waals surface area contributed by atoms with Crippen LogP contribution in [0.4, 0.5) is 13.2 Å². The highest BCUT2D eigenvalue weighted by Gasteiger charge is 2.32. The van der Waals surface area contributed by atoms with Crippen LogP contribution in [0.3, 0.4) is 0 Å². The first-order chi connectivity index (χ1) is 7.46. The fourth-order valence-electron chi connectivity index (χ4n) is 1.14. The molecule has 16 heavy (non-hydrogen) atoms. The van der Waals surface area contributed by atoms with Crippen LogP contribution >= 0.6 is 12.0 Å². The minimum Gasteiger partial charge on any atom is -0.312 e. The molecule has 2 aromatic rings. The molecule has 0 N–H and O–H groups in total. The Balaban J connectivity index is 2.25. The third-order valence-corrected chi connectivity index (χ3v) is 2.18. The van der Waals surface area contributed by atoms with Crippen molar-refractivity contribution in [3.63, 3.8) is 0 Å². The van der Waals surface area contributed by atoms with Crippen molar-refractivity contribution in [2.75, 3.05) is 0 Å². The fourth-order valence-corrected chi connectivity index (χ4v) is 1.41. The third kappa shape index (κ3) is 2.38. The lowest BCUT2D eigenvalue weighted by molar-refractivity contribution is -0.0405. The van der Waals surface area contributed by atoms with Gasteiger partial charge in [-0.05, 0) is 29.8 Å². The van der Waals surface area contributed by atoms with E-state index < -0.39 is 17.6 Å². The van der Waals surface area contributed by atoms with Gasteiger partial charge in [0.15, 0.2) is 0 Å². The summed E-state index contributed by atoms with van der Waals surface area (Å²) in [5, 5.41) is 7.15. The van der Waals surface area contributed by atoms with Crippen LogP contribution in [0.1, 0.15) is 5.56 Å². The van der Waals surface area contributed by atoms with E-state index in [1.54, 1.807) is 18.2 Å². The summed E-state index contributed by atoms with van der Waals surface area (Å²) in [5.41, 5.74) is -2.64. The summed E-state index contributed by atoms with van der Waals surface area (Å²) in [6.07, 6.45) is 0. The number of fused-ring (bicyclic) bond motifs is 1. The molecule has 0 aliphatic rings. The maximum atomic E-state index is 11.9. The van der Waals surface area contributed by atoms with E-state index in [4.69, 9.17) is 0 Å². The standard InChI is InChI=1S/C8H6F3N3OS/c1-5-2-3-7-6(4-5)12-13-14(7)15-16-8(9,10)11/h2-4H,1H3. The summed E-state index contributed by atoms with van der Waals surface area (Å²) in [6, 6.07) is 5.05. The van der Waals surface area contributed by atoms with Crippen molar-refractivity contribution in [1.82, 2.24) is 15.2 Å². The molecular formula is C8H6F3N3OS. The quantitative estimate of drug-likeness (QED) is 0.766. The number of alkyl halides is 3. The van der Waals surface area contributed by atoms with Gasteiger partial charge in [-0.2, -0.15) is 13.2 Å². The molecule has 0 saturated carbocycles. The first-order valence-electron chi connectivity index (χ1n) is 4.21. The summed E-state index contributed by atoms with van der Waals surface area (Å²) >= 11 is -0.629. The number of aromatic nitrogens is 3. The van der Waals surface area contributed by atoms with Gasteiger partial charge in [-0.25, -0.2) is 0 Å². The lowest BCUT2D eigenvalue weighted by Gasteiger charge is -2.04. The molecule has 86 valence electrons. The van der Waals surface area contributed by atoms with Crippen molar-refractivity contribution in [3.8, 4) is 0 Å². The summed E-state index contributed by atoms with van der Waals surface area (Å²) in [4.78, 5) is 0.743. The predicted octanol–water partition coefficient (Wildman–Crippen LogP) is 2.34. The summed E-state index contributed by atoms with van der Waals surface area (Å²) < 4.78 is 40.1. The fraction of sp³-hybridized carbons (Fsp3) is 0.250. The van der Waals surface area contributed by atoms with Crippen molar-refractivity contribution in [1.29, 1.82) is 0 Å². The van der Waals surface area contributed by atoms with Gasteiger partial charge < -0.3 is 4.28 Å². The van der Waals surface area contributed by atoms with E-state index in [0.29, 0.717) is 11.0 Å². The molecule has 1 heterocycles. The van der Waals surface area contributed by atoms with Gasteiger partial charge in [-0.1, -0.05) is 10.9 Å². The van der Waals surface area contributed by atoms with Crippen LogP contribution in [0, 0.1) is 6.92 Å². The van der Waals surface area contributed by atoms with Crippen LogP contribution in [0.5, 0.6) is 0 Å². The van der Waals surface area contributed by atoms with E-state index in [9.17, 15) is 13.2 Å². The van der Waals surface area contributed by atoms with E-state index >= 15 is 0 Å². The van der Waals surface area contributed by atoms with E-state index in [1.807, 2.05) is 6.92 Å². The average molecular weight is 249 g/mol. The van der Waals surface area contributed by atoms with Crippen LogP contribution in [0.15, 0.2) is 18.2 Å². The molecule has 8 heteroatoms. The number of benzene rings is 1. The molecule has 0 amide bonds. The monoisotopic (exact) mass is 249 g/mol. The Hall–Kier alpha value is -1.44. The normalized spacial score (nSPS) is 12.0. The number of hydrogen-bond donors (Lipinski definition) is 0. The highest BCUT2D eigenvalue weighted by atomic mass is 32.2. The van der Waals surface area contributed by atoms with E-state index in [0.717, 1.165) is 10.4 Å². The average Bonchev–Trinajstić information content (AvgIpc) is 2.56. The highest BCUT2D eigenvalue weighted by molar-refractivity contribution is 7.95. The van der Waals surface area contributed by atoms with Gasteiger partial charge in [0.05, 0.1) is 0 Å². The molecule has 0 fully saturated rings. The molecular weight excluding hydrogens is 243 g/mol. The zero-order chi connectivity index (χ0) is 11.8. The van der Waals surface area contributed by atoms with Gasteiger partial charge in [0, 0.05) is 0 Å². The Labute approximate surface area is 92.5 Å². The van der Waals surface area contributed by atoms with Gasteiger partial charge in [0.1, 0.15) is 11.0 Å². The largest absolute Gasteiger partial charge is 0.482 e. The highest BCUT2D eigenvalue weighted by Crippen LogP contribution is 2.29. The zero-order valence-corrected chi connectivity index (χ0v) is 8.84. The van der Waals surface area contributed by atoms with Gasteiger partial charge in [0.25, 0.3) is 0 Å². The summed E-state index contributed by atoms with van der Waals surface area (Å²) in [7, 11) is 0. The van der Waals surface area contributed by atoms with Crippen LogP contribution in [-0.2, 0) is 0 Å². The molecule has 0 saturated heterocycles. The van der Waals surface area contributed by atoms with Crippen molar-refractivity contribution in [2.24, 2.45) is 0 Å². The van der Waals surface area contributed by atoms with Gasteiger partial charge in [0.2, 0.25) is 12.0 Å². The minimum absolute atomic E-state index is 0.391. The van der Waals surface area contributed by atoms with Gasteiger partial charge >= 0.3 is 5.51 Å². The maximum Gasteiger partial charge on any atom is 0.482 e. The van der Waals surface area contributed by atoms with Crippen LogP contribution < -0.4 is 4.28 Å². The SMILES string of the molecule is Cc1ccc2c(c1)nnn2OSC(F)(F)F. The molecule has 0 unspecified atom stereocenters. The maximum absolute atomic E-state index is 11.9. The Morgan fingerprint density at radius 3 is 2.81 bits per heavy atom. The molecule has 0 aliphatic carbocycles. The smallest absolute Gasteiger partial charge is 0.312 e. The number of halogens is 3. The number of nitrogens with zero attached hydrogens (tertiary/aromatic N) is 3. The Bertz CT molecular complexity index is 511. The van der Waals surface area contributed by atoms with E-state index in [-0.39, 0.29) is 0 Å². The lowest BCUT2D eigenvalue weighted by atomic mass is 10.2. The van der Waals surface area contributed by atoms with Crippen molar-refractivity contribution >= 4 is 23.1 Å². The first-order valence-corrected chi connectivity index (χ1v) is 4.95. The predicted molar refractivity (Wildman–Crippen MR) is 52.5 cm³/mol. The molecule has 0 atom stereocenters. The molecule has 0 bridgehead atoms. The van der Waals surface area contributed by atoms with Crippen molar-refractivity contribution in [3.05, 3.63) is 23.8 Å². The van der Waals surface area contributed by atoms with Crippen molar-refractivity contribution < 1.29 is 17.5 Å². The number of hydrogen-bond acceptors (Lipinski definition) is 4. The third-order valence-electron chi connectivity index (χ3n) is 1.77. The van der Waals surface area contributed by atoms with Crippen molar-refractivity contribution in [2.45, 2.75) is 12.4 Å². The zero-order valence-electron chi connectivity index (χ0n) is 8.02. The van der Waals surface area contributed by atoms with E-state index in [2.05, 4.69) is 14.6 Å². The second-order valence-corrected chi connectivity index (χ2v) is 3.84. The van der Waals surface area contributed by atoms with Gasteiger partial charge in [-0.15, -0.1) is 5.10 Å².